The molecule has 1 saturated heterocycles. The molecule has 1 aromatic heterocycles. The summed E-state index contributed by atoms with van der Waals surface area (Å²) in [5, 5.41) is 3.31. The third-order valence-corrected chi connectivity index (χ3v) is 3.10. The van der Waals surface area contributed by atoms with Crippen molar-refractivity contribution in [3.05, 3.63) is 24.2 Å². The number of furan rings is 1. The quantitative estimate of drug-likeness (QED) is 0.809. The van der Waals surface area contributed by atoms with E-state index in [-0.39, 0.29) is 0 Å². The van der Waals surface area contributed by atoms with Crippen molar-refractivity contribution in [1.29, 1.82) is 0 Å². The van der Waals surface area contributed by atoms with Crippen molar-refractivity contribution in [2.45, 2.75) is 37.8 Å². The molecule has 2 atom stereocenters. The zero-order chi connectivity index (χ0) is 10.5. The fourth-order valence-corrected chi connectivity index (χ4v) is 2.18. The van der Waals surface area contributed by atoms with Crippen molar-refractivity contribution in [2.24, 2.45) is 0 Å². The molecule has 3 heteroatoms. The lowest BCUT2D eigenvalue weighted by atomic mass is 10.0. The number of hydrogen-bond acceptors (Lipinski definition) is 3. The van der Waals surface area contributed by atoms with Crippen LogP contribution in [0.1, 0.15) is 37.3 Å². The van der Waals surface area contributed by atoms with Crippen LogP contribution in [0.4, 0.5) is 0 Å². The third kappa shape index (κ3) is 2.83. The van der Waals surface area contributed by atoms with E-state index in [1.54, 1.807) is 6.26 Å². The van der Waals surface area contributed by atoms with Crippen LogP contribution in [0, 0.1) is 0 Å². The van der Waals surface area contributed by atoms with Crippen LogP contribution in [0.25, 0.3) is 0 Å². The first-order valence-corrected chi connectivity index (χ1v) is 5.71. The van der Waals surface area contributed by atoms with Crippen molar-refractivity contribution in [3.63, 3.8) is 0 Å². The minimum absolute atomic E-state index is 0.396. The van der Waals surface area contributed by atoms with Crippen LogP contribution in [-0.4, -0.2) is 19.8 Å². The van der Waals surface area contributed by atoms with Gasteiger partial charge in [-0.15, -0.1) is 0 Å². The second-order valence-corrected chi connectivity index (χ2v) is 4.11. The predicted octanol–water partition coefficient (Wildman–Crippen LogP) is 2.50. The molecule has 2 unspecified atom stereocenters. The molecule has 0 spiro atoms. The lowest BCUT2D eigenvalue weighted by Crippen LogP contribution is -2.18. The Balaban J connectivity index is 1.80. The van der Waals surface area contributed by atoms with E-state index in [4.69, 9.17) is 9.15 Å². The van der Waals surface area contributed by atoms with Crippen LogP contribution in [0.3, 0.4) is 0 Å². The van der Waals surface area contributed by atoms with Crippen molar-refractivity contribution in [3.8, 4) is 0 Å². The van der Waals surface area contributed by atoms with Gasteiger partial charge in [-0.05, 0) is 38.8 Å². The first-order chi connectivity index (χ1) is 7.40. The Bertz CT molecular complexity index is 265. The number of nitrogens with one attached hydrogen (secondary N) is 1. The van der Waals surface area contributed by atoms with Crippen LogP contribution >= 0.6 is 0 Å². The van der Waals surface area contributed by atoms with Gasteiger partial charge in [-0.25, -0.2) is 0 Å². The summed E-state index contributed by atoms with van der Waals surface area (Å²) in [6, 6.07) is 2.42. The van der Waals surface area contributed by atoms with E-state index in [0.717, 1.165) is 19.4 Å². The fraction of sp³-hybridized carbons (Fsp3) is 0.667. The highest BCUT2D eigenvalue weighted by Gasteiger charge is 2.18. The van der Waals surface area contributed by atoms with Crippen LogP contribution in [-0.2, 0) is 4.74 Å². The van der Waals surface area contributed by atoms with Crippen LogP contribution in [0.2, 0.25) is 0 Å². The van der Waals surface area contributed by atoms with E-state index in [9.17, 15) is 0 Å². The van der Waals surface area contributed by atoms with E-state index in [2.05, 4.69) is 5.32 Å². The second-order valence-electron chi connectivity index (χ2n) is 4.11. The molecule has 1 aliphatic rings. The molecule has 3 nitrogen and oxygen atoms in total. The van der Waals surface area contributed by atoms with E-state index in [0.29, 0.717) is 12.1 Å². The lowest BCUT2D eigenvalue weighted by Gasteiger charge is -2.16. The van der Waals surface area contributed by atoms with Crippen molar-refractivity contribution < 1.29 is 9.15 Å². The Hall–Kier alpha value is -0.800. The number of ether oxygens (including phenoxy) is 1. The largest absolute Gasteiger partial charge is 0.472 e. The normalized spacial score (nSPS) is 23.1. The monoisotopic (exact) mass is 209 g/mol. The fourth-order valence-electron chi connectivity index (χ4n) is 2.18. The first kappa shape index (κ1) is 10.7. The summed E-state index contributed by atoms with van der Waals surface area (Å²) in [6.07, 6.45) is 8.72. The SMILES string of the molecule is CNC(CCC1CCCO1)c1ccoc1. The summed E-state index contributed by atoms with van der Waals surface area (Å²) < 4.78 is 10.7. The smallest absolute Gasteiger partial charge is 0.0950 e. The first-order valence-electron chi connectivity index (χ1n) is 5.71. The summed E-state index contributed by atoms with van der Waals surface area (Å²) >= 11 is 0. The van der Waals surface area contributed by atoms with Gasteiger partial charge in [0.15, 0.2) is 0 Å². The summed E-state index contributed by atoms with van der Waals surface area (Å²) in [5.74, 6) is 0. The Morgan fingerprint density at radius 3 is 3.13 bits per heavy atom. The molecule has 1 aliphatic heterocycles. The highest BCUT2D eigenvalue weighted by molar-refractivity contribution is 5.11. The molecule has 0 aliphatic carbocycles. The molecule has 0 radical (unpaired) electrons. The molecular formula is C12H19NO2. The van der Waals surface area contributed by atoms with Crippen LogP contribution < -0.4 is 5.32 Å². The van der Waals surface area contributed by atoms with Gasteiger partial charge in [0, 0.05) is 18.2 Å². The van der Waals surface area contributed by atoms with Gasteiger partial charge >= 0.3 is 0 Å². The molecule has 0 aromatic carbocycles. The second kappa shape index (κ2) is 5.33. The van der Waals surface area contributed by atoms with E-state index >= 15 is 0 Å². The van der Waals surface area contributed by atoms with Crippen molar-refractivity contribution >= 4 is 0 Å². The summed E-state index contributed by atoms with van der Waals surface area (Å²) in [5.41, 5.74) is 1.23. The van der Waals surface area contributed by atoms with Crippen LogP contribution in [0.5, 0.6) is 0 Å². The topological polar surface area (TPSA) is 34.4 Å². The Morgan fingerprint density at radius 1 is 1.60 bits per heavy atom. The molecule has 1 N–H and O–H groups in total. The van der Waals surface area contributed by atoms with Crippen molar-refractivity contribution in [2.75, 3.05) is 13.7 Å². The van der Waals surface area contributed by atoms with Gasteiger partial charge in [-0.3, -0.25) is 0 Å². The maximum Gasteiger partial charge on any atom is 0.0950 e. The lowest BCUT2D eigenvalue weighted by molar-refractivity contribution is 0.0998. The van der Waals surface area contributed by atoms with Crippen molar-refractivity contribution in [1.82, 2.24) is 5.32 Å². The highest BCUT2D eigenvalue weighted by atomic mass is 16.5. The minimum Gasteiger partial charge on any atom is -0.472 e. The van der Waals surface area contributed by atoms with Gasteiger partial charge in [-0.1, -0.05) is 0 Å². The Labute approximate surface area is 90.8 Å². The van der Waals surface area contributed by atoms with Gasteiger partial charge in [-0.2, -0.15) is 0 Å². The Kier molecular flexibility index (Phi) is 3.80. The molecular weight excluding hydrogens is 190 g/mol. The highest BCUT2D eigenvalue weighted by Crippen LogP contribution is 2.23. The van der Waals surface area contributed by atoms with Crippen LogP contribution in [0.15, 0.2) is 23.0 Å². The van der Waals surface area contributed by atoms with Gasteiger partial charge in [0.2, 0.25) is 0 Å². The predicted molar refractivity (Wildman–Crippen MR) is 58.7 cm³/mol. The maximum atomic E-state index is 5.61. The van der Waals surface area contributed by atoms with E-state index in [1.807, 2.05) is 19.4 Å². The van der Waals surface area contributed by atoms with Gasteiger partial charge in [0.05, 0.1) is 18.6 Å². The number of hydrogen-bond donors (Lipinski definition) is 1. The third-order valence-electron chi connectivity index (χ3n) is 3.10. The van der Waals surface area contributed by atoms with Gasteiger partial charge in [0.25, 0.3) is 0 Å². The van der Waals surface area contributed by atoms with Gasteiger partial charge < -0.3 is 14.5 Å². The summed E-state index contributed by atoms with van der Waals surface area (Å²) in [7, 11) is 1.99. The number of rotatable bonds is 5. The molecule has 1 fully saturated rings. The van der Waals surface area contributed by atoms with E-state index < -0.39 is 0 Å². The molecule has 0 amide bonds. The molecule has 2 rings (SSSR count). The maximum absolute atomic E-state index is 5.61. The molecule has 0 bridgehead atoms. The summed E-state index contributed by atoms with van der Waals surface area (Å²) in [6.45, 7) is 0.945. The standard InChI is InChI=1S/C12H19NO2/c1-13-12(10-6-8-14-9-10)5-4-11-3-2-7-15-11/h6,8-9,11-13H,2-5,7H2,1H3. The zero-order valence-electron chi connectivity index (χ0n) is 9.24. The summed E-state index contributed by atoms with van der Waals surface area (Å²) in [4.78, 5) is 0. The molecule has 2 heterocycles. The van der Waals surface area contributed by atoms with Gasteiger partial charge in [0.1, 0.15) is 0 Å². The molecule has 84 valence electrons. The minimum atomic E-state index is 0.396. The van der Waals surface area contributed by atoms with E-state index in [1.165, 1.54) is 18.4 Å². The Morgan fingerprint density at radius 2 is 2.53 bits per heavy atom. The average molecular weight is 209 g/mol. The average Bonchev–Trinajstić information content (AvgIpc) is 2.90. The molecule has 15 heavy (non-hydrogen) atoms. The molecule has 1 aromatic rings. The zero-order valence-corrected chi connectivity index (χ0v) is 9.24. The molecule has 0 saturated carbocycles.